The van der Waals surface area contributed by atoms with Crippen LogP contribution in [0.4, 0.5) is 0 Å². The molecule has 0 aliphatic carbocycles. The van der Waals surface area contributed by atoms with Crippen molar-refractivity contribution in [3.63, 3.8) is 0 Å². The Labute approximate surface area is 151 Å². The zero-order chi connectivity index (χ0) is 16.9. The summed E-state index contributed by atoms with van der Waals surface area (Å²) >= 11 is 3.61. The Bertz CT molecular complexity index is 724. The van der Waals surface area contributed by atoms with Gasteiger partial charge in [-0.3, -0.25) is 0 Å². The molecule has 0 unspecified atom stereocenters. The van der Waals surface area contributed by atoms with Gasteiger partial charge < -0.3 is 14.8 Å². The van der Waals surface area contributed by atoms with Crippen molar-refractivity contribution in [2.75, 3.05) is 13.6 Å². The second kappa shape index (κ2) is 7.79. The third-order valence-electron chi connectivity index (χ3n) is 4.12. The Morgan fingerprint density at radius 1 is 1.38 bits per heavy atom. The summed E-state index contributed by atoms with van der Waals surface area (Å²) in [6.45, 7) is 5.25. The molecule has 1 aliphatic heterocycles. The van der Waals surface area contributed by atoms with Gasteiger partial charge in [-0.15, -0.1) is 10.2 Å². The zero-order valence-corrected chi connectivity index (χ0v) is 15.8. The largest absolute Gasteiger partial charge is 0.357 e. The molecule has 0 atom stereocenters. The smallest absolute Gasteiger partial charge is 0.194 e. The standard InChI is InChI=1S/C17H23BrN6/c1-3-19-17(23(2)12-13-7-4-5-8-14(13)18)20-11-16-22-21-15-9-6-10-24(15)16/h4-5,7-8H,3,6,9-12H2,1-2H3,(H,19,20). The van der Waals surface area contributed by atoms with Crippen molar-refractivity contribution in [2.24, 2.45) is 4.99 Å². The van der Waals surface area contributed by atoms with Crippen LogP contribution < -0.4 is 5.32 Å². The summed E-state index contributed by atoms with van der Waals surface area (Å²) in [5, 5.41) is 11.9. The van der Waals surface area contributed by atoms with Crippen LogP contribution in [0.2, 0.25) is 0 Å². The summed E-state index contributed by atoms with van der Waals surface area (Å²) in [7, 11) is 2.05. The minimum atomic E-state index is 0.551. The lowest BCUT2D eigenvalue weighted by Gasteiger charge is -2.22. The number of rotatable bonds is 5. The lowest BCUT2D eigenvalue weighted by molar-refractivity contribution is 0.475. The van der Waals surface area contributed by atoms with Gasteiger partial charge in [-0.25, -0.2) is 4.99 Å². The third kappa shape index (κ3) is 3.77. The Balaban J connectivity index is 1.72. The number of hydrogen-bond acceptors (Lipinski definition) is 3. The fraction of sp³-hybridized carbons (Fsp3) is 0.471. The van der Waals surface area contributed by atoms with Gasteiger partial charge in [0.15, 0.2) is 11.8 Å². The van der Waals surface area contributed by atoms with Gasteiger partial charge in [0, 0.05) is 37.6 Å². The van der Waals surface area contributed by atoms with E-state index in [1.807, 2.05) is 6.07 Å². The third-order valence-corrected chi connectivity index (χ3v) is 4.89. The zero-order valence-electron chi connectivity index (χ0n) is 14.2. The molecule has 0 bridgehead atoms. The van der Waals surface area contributed by atoms with E-state index in [2.05, 4.69) is 73.1 Å². The molecule has 0 fully saturated rings. The number of halogens is 1. The van der Waals surface area contributed by atoms with Crippen LogP contribution in [0, 0.1) is 0 Å². The van der Waals surface area contributed by atoms with E-state index in [1.54, 1.807) is 0 Å². The fourth-order valence-electron chi connectivity index (χ4n) is 2.90. The molecular weight excluding hydrogens is 368 g/mol. The first kappa shape index (κ1) is 17.0. The molecule has 1 N–H and O–H groups in total. The molecular formula is C17H23BrN6. The van der Waals surface area contributed by atoms with Crippen LogP contribution in [0.25, 0.3) is 0 Å². The number of nitrogens with zero attached hydrogens (tertiary/aromatic N) is 5. The topological polar surface area (TPSA) is 58.3 Å². The van der Waals surface area contributed by atoms with Gasteiger partial charge in [0.25, 0.3) is 0 Å². The van der Waals surface area contributed by atoms with Crippen LogP contribution >= 0.6 is 15.9 Å². The molecule has 1 aromatic carbocycles. The van der Waals surface area contributed by atoms with Crippen LogP contribution in [0.1, 0.15) is 30.6 Å². The molecule has 0 radical (unpaired) electrons. The van der Waals surface area contributed by atoms with Crippen LogP contribution in [0.3, 0.4) is 0 Å². The molecule has 7 heteroatoms. The summed E-state index contributed by atoms with van der Waals surface area (Å²) in [5.74, 6) is 2.92. The van der Waals surface area contributed by atoms with Crippen molar-refractivity contribution in [3.8, 4) is 0 Å². The summed E-state index contributed by atoms with van der Waals surface area (Å²) < 4.78 is 3.31. The number of fused-ring (bicyclic) bond motifs is 1. The molecule has 6 nitrogen and oxygen atoms in total. The minimum absolute atomic E-state index is 0.551. The number of nitrogens with one attached hydrogen (secondary N) is 1. The number of hydrogen-bond donors (Lipinski definition) is 1. The number of benzene rings is 1. The molecule has 1 aromatic heterocycles. The van der Waals surface area contributed by atoms with Gasteiger partial charge in [-0.1, -0.05) is 34.1 Å². The average Bonchev–Trinajstić information content (AvgIpc) is 3.17. The summed E-state index contributed by atoms with van der Waals surface area (Å²) in [4.78, 5) is 6.88. The van der Waals surface area contributed by atoms with Gasteiger partial charge in [0.2, 0.25) is 0 Å². The molecule has 0 saturated carbocycles. The van der Waals surface area contributed by atoms with E-state index < -0.39 is 0 Å². The molecule has 128 valence electrons. The monoisotopic (exact) mass is 390 g/mol. The lowest BCUT2D eigenvalue weighted by atomic mass is 10.2. The van der Waals surface area contributed by atoms with Gasteiger partial charge in [0.1, 0.15) is 12.4 Å². The molecule has 3 rings (SSSR count). The van der Waals surface area contributed by atoms with Crippen molar-refractivity contribution in [1.82, 2.24) is 25.0 Å². The predicted octanol–water partition coefficient (Wildman–Crippen LogP) is 2.58. The Hall–Kier alpha value is -1.89. The Morgan fingerprint density at radius 2 is 2.21 bits per heavy atom. The summed E-state index contributed by atoms with van der Waals surface area (Å²) in [5.41, 5.74) is 1.23. The maximum Gasteiger partial charge on any atom is 0.194 e. The van der Waals surface area contributed by atoms with E-state index in [-0.39, 0.29) is 0 Å². The van der Waals surface area contributed by atoms with E-state index in [9.17, 15) is 0 Å². The molecule has 0 amide bonds. The van der Waals surface area contributed by atoms with Gasteiger partial charge >= 0.3 is 0 Å². The van der Waals surface area contributed by atoms with Gasteiger partial charge in [-0.05, 0) is 25.0 Å². The normalized spacial score (nSPS) is 13.9. The first-order valence-electron chi connectivity index (χ1n) is 8.33. The summed E-state index contributed by atoms with van der Waals surface area (Å²) in [6.07, 6.45) is 2.18. The maximum absolute atomic E-state index is 4.75. The van der Waals surface area contributed by atoms with Gasteiger partial charge in [-0.2, -0.15) is 0 Å². The fourth-order valence-corrected chi connectivity index (χ4v) is 3.31. The number of aromatic nitrogens is 3. The molecule has 2 aromatic rings. The first-order valence-corrected chi connectivity index (χ1v) is 9.12. The van der Waals surface area contributed by atoms with Gasteiger partial charge in [0.05, 0.1) is 0 Å². The van der Waals surface area contributed by atoms with Crippen molar-refractivity contribution in [1.29, 1.82) is 0 Å². The second-order valence-electron chi connectivity index (χ2n) is 5.91. The first-order chi connectivity index (χ1) is 11.7. The number of guanidine groups is 1. The van der Waals surface area contributed by atoms with Crippen molar-refractivity contribution in [3.05, 3.63) is 46.0 Å². The Morgan fingerprint density at radius 3 is 3.00 bits per heavy atom. The van der Waals surface area contributed by atoms with E-state index in [0.29, 0.717) is 6.54 Å². The van der Waals surface area contributed by atoms with Crippen LogP contribution in [0.5, 0.6) is 0 Å². The molecule has 2 heterocycles. The quantitative estimate of drug-likeness (QED) is 0.629. The van der Waals surface area contributed by atoms with Crippen LogP contribution in [0.15, 0.2) is 33.7 Å². The predicted molar refractivity (Wildman–Crippen MR) is 98.8 cm³/mol. The van der Waals surface area contributed by atoms with Crippen LogP contribution in [-0.4, -0.2) is 39.2 Å². The van der Waals surface area contributed by atoms with Crippen molar-refractivity contribution < 1.29 is 0 Å². The lowest BCUT2D eigenvalue weighted by Crippen LogP contribution is -2.38. The second-order valence-corrected chi connectivity index (χ2v) is 6.76. The summed E-state index contributed by atoms with van der Waals surface area (Å²) in [6, 6.07) is 8.26. The molecule has 0 saturated heterocycles. The number of aryl methyl sites for hydroxylation is 1. The highest BCUT2D eigenvalue weighted by Crippen LogP contribution is 2.18. The average molecular weight is 391 g/mol. The van der Waals surface area contributed by atoms with E-state index >= 15 is 0 Å². The molecule has 0 spiro atoms. The minimum Gasteiger partial charge on any atom is -0.357 e. The highest BCUT2D eigenvalue weighted by atomic mass is 79.9. The van der Waals surface area contributed by atoms with E-state index in [1.165, 1.54) is 5.56 Å². The van der Waals surface area contributed by atoms with E-state index in [0.717, 1.165) is 54.6 Å². The van der Waals surface area contributed by atoms with Crippen molar-refractivity contribution in [2.45, 2.75) is 39.4 Å². The molecule has 24 heavy (non-hydrogen) atoms. The Kier molecular flexibility index (Phi) is 5.50. The van der Waals surface area contributed by atoms with Crippen molar-refractivity contribution >= 4 is 21.9 Å². The highest BCUT2D eigenvalue weighted by Gasteiger charge is 2.17. The SMILES string of the molecule is CCNC(=NCc1nnc2n1CCC2)N(C)Cc1ccccc1Br. The molecule has 1 aliphatic rings. The maximum atomic E-state index is 4.75. The van der Waals surface area contributed by atoms with E-state index in [4.69, 9.17) is 4.99 Å². The number of aliphatic imine (C=N–C) groups is 1. The van der Waals surface area contributed by atoms with Crippen LogP contribution in [-0.2, 0) is 26.1 Å². The highest BCUT2D eigenvalue weighted by molar-refractivity contribution is 9.10.